The van der Waals surface area contributed by atoms with Gasteiger partial charge in [-0.3, -0.25) is 5.32 Å². The molecule has 0 heterocycles. The Kier molecular flexibility index (Phi) is 4.44. The number of nitriles is 1. The molecule has 0 aliphatic heterocycles. The van der Waals surface area contributed by atoms with Gasteiger partial charge in [0, 0.05) is 12.5 Å². The number of hydrogen-bond donors (Lipinski definition) is 1. The first-order valence-electron chi connectivity index (χ1n) is 7.06. The Morgan fingerprint density at radius 3 is 2.58 bits per heavy atom. The molecule has 1 aromatic carbocycles. The van der Waals surface area contributed by atoms with Crippen molar-refractivity contribution < 1.29 is 4.74 Å². The number of ether oxygens (including phenoxy) is 1. The molecule has 3 nitrogen and oxygen atoms in total. The van der Waals surface area contributed by atoms with Crippen molar-refractivity contribution in [3.05, 3.63) is 29.8 Å². The highest BCUT2D eigenvalue weighted by atomic mass is 16.5. The quantitative estimate of drug-likeness (QED) is 0.817. The molecule has 1 unspecified atom stereocenters. The predicted octanol–water partition coefficient (Wildman–Crippen LogP) is 3.05. The van der Waals surface area contributed by atoms with Crippen LogP contribution >= 0.6 is 0 Å². The zero-order chi connectivity index (χ0) is 13.7. The summed E-state index contributed by atoms with van der Waals surface area (Å²) in [5.41, 5.74) is 0.842. The summed E-state index contributed by atoms with van der Waals surface area (Å²) in [4.78, 5) is 0. The van der Waals surface area contributed by atoms with Crippen LogP contribution in [0.2, 0.25) is 0 Å². The van der Waals surface area contributed by atoms with Crippen molar-refractivity contribution in [3.63, 3.8) is 0 Å². The molecule has 0 aromatic heterocycles. The van der Waals surface area contributed by atoms with Gasteiger partial charge in [-0.25, -0.2) is 0 Å². The summed E-state index contributed by atoms with van der Waals surface area (Å²) in [6, 6.07) is 11.1. The van der Waals surface area contributed by atoms with E-state index in [9.17, 15) is 5.26 Å². The fourth-order valence-electron chi connectivity index (χ4n) is 2.03. The maximum absolute atomic E-state index is 9.26. The lowest BCUT2D eigenvalue weighted by Crippen LogP contribution is -2.43. The highest BCUT2D eigenvalue weighted by Crippen LogP contribution is 2.24. The van der Waals surface area contributed by atoms with E-state index >= 15 is 0 Å². The predicted molar refractivity (Wildman–Crippen MR) is 76.1 cm³/mol. The van der Waals surface area contributed by atoms with Gasteiger partial charge in [-0.05, 0) is 43.9 Å². The Labute approximate surface area is 115 Å². The van der Waals surface area contributed by atoms with Crippen LogP contribution in [-0.4, -0.2) is 18.2 Å². The number of nitrogens with zero attached hydrogens (tertiary/aromatic N) is 1. The second-order valence-corrected chi connectivity index (χ2v) is 5.46. The molecule has 0 saturated heterocycles. The summed E-state index contributed by atoms with van der Waals surface area (Å²) in [6.07, 6.45) is 4.13. The third-order valence-corrected chi connectivity index (χ3v) is 3.55. The van der Waals surface area contributed by atoms with E-state index in [0.29, 0.717) is 19.1 Å². The molecule has 0 bridgehead atoms. The van der Waals surface area contributed by atoms with E-state index in [1.165, 1.54) is 18.4 Å². The summed E-state index contributed by atoms with van der Waals surface area (Å²) in [5, 5.41) is 12.6. The van der Waals surface area contributed by atoms with E-state index < -0.39 is 5.54 Å². The molecule has 0 spiro atoms. The minimum absolute atomic E-state index is 0.468. The maximum atomic E-state index is 9.26. The fraction of sp³-hybridized carbons (Fsp3) is 0.562. The zero-order valence-electron chi connectivity index (χ0n) is 11.8. The van der Waals surface area contributed by atoms with Crippen molar-refractivity contribution in [3.8, 4) is 11.8 Å². The molecule has 0 radical (unpaired) electrons. The van der Waals surface area contributed by atoms with Crippen LogP contribution in [0.3, 0.4) is 0 Å². The SMILES string of the molecule is CCc1ccc(OCCC(C)(C#N)NC2CC2)cc1. The Morgan fingerprint density at radius 2 is 2.05 bits per heavy atom. The normalized spacial score (nSPS) is 17.5. The van der Waals surface area contributed by atoms with Crippen molar-refractivity contribution >= 4 is 0 Å². The molecule has 1 aliphatic rings. The van der Waals surface area contributed by atoms with Crippen LogP contribution in [0.4, 0.5) is 0 Å². The molecule has 1 fully saturated rings. The second kappa shape index (κ2) is 6.08. The largest absolute Gasteiger partial charge is 0.493 e. The summed E-state index contributed by atoms with van der Waals surface area (Å²) >= 11 is 0. The van der Waals surface area contributed by atoms with Crippen molar-refractivity contribution in [2.45, 2.75) is 51.1 Å². The smallest absolute Gasteiger partial charge is 0.119 e. The van der Waals surface area contributed by atoms with Gasteiger partial charge in [0.2, 0.25) is 0 Å². The third kappa shape index (κ3) is 4.25. The van der Waals surface area contributed by atoms with E-state index in [4.69, 9.17) is 4.74 Å². The van der Waals surface area contributed by atoms with Crippen molar-refractivity contribution in [2.75, 3.05) is 6.61 Å². The van der Waals surface area contributed by atoms with Gasteiger partial charge in [0.15, 0.2) is 0 Å². The number of hydrogen-bond acceptors (Lipinski definition) is 3. The molecule has 1 aromatic rings. The highest BCUT2D eigenvalue weighted by Gasteiger charge is 2.32. The lowest BCUT2D eigenvalue weighted by molar-refractivity contribution is 0.266. The monoisotopic (exact) mass is 258 g/mol. The lowest BCUT2D eigenvalue weighted by atomic mass is 10.0. The summed E-state index contributed by atoms with van der Waals surface area (Å²) in [6.45, 7) is 4.65. The third-order valence-electron chi connectivity index (χ3n) is 3.55. The second-order valence-electron chi connectivity index (χ2n) is 5.46. The fourth-order valence-corrected chi connectivity index (χ4v) is 2.03. The molecule has 102 valence electrons. The first-order valence-corrected chi connectivity index (χ1v) is 7.06. The van der Waals surface area contributed by atoms with Crippen LogP contribution in [0.15, 0.2) is 24.3 Å². The van der Waals surface area contributed by atoms with Crippen LogP contribution in [0.25, 0.3) is 0 Å². The van der Waals surface area contributed by atoms with E-state index in [0.717, 1.165) is 12.2 Å². The maximum Gasteiger partial charge on any atom is 0.119 e. The minimum atomic E-state index is -0.468. The van der Waals surface area contributed by atoms with Gasteiger partial charge >= 0.3 is 0 Å². The van der Waals surface area contributed by atoms with Gasteiger partial charge in [-0.15, -0.1) is 0 Å². The Morgan fingerprint density at radius 1 is 1.37 bits per heavy atom. The van der Waals surface area contributed by atoms with E-state index in [1.54, 1.807) is 0 Å². The molecular weight excluding hydrogens is 236 g/mol. The van der Waals surface area contributed by atoms with E-state index in [2.05, 4.69) is 30.4 Å². The van der Waals surface area contributed by atoms with E-state index in [1.807, 2.05) is 19.1 Å². The molecule has 1 atom stereocenters. The van der Waals surface area contributed by atoms with Crippen LogP contribution in [0, 0.1) is 11.3 Å². The zero-order valence-corrected chi connectivity index (χ0v) is 11.8. The number of nitrogens with one attached hydrogen (secondary N) is 1. The molecule has 1 N–H and O–H groups in total. The average Bonchev–Trinajstić information content (AvgIpc) is 3.23. The number of aryl methyl sites for hydroxylation is 1. The van der Waals surface area contributed by atoms with Gasteiger partial charge in [0.25, 0.3) is 0 Å². The molecule has 1 aliphatic carbocycles. The first-order chi connectivity index (χ1) is 9.15. The molecule has 19 heavy (non-hydrogen) atoms. The van der Waals surface area contributed by atoms with Gasteiger partial charge in [0.1, 0.15) is 11.3 Å². The first kappa shape index (κ1) is 13.9. The molecular formula is C16H22N2O. The molecule has 3 heteroatoms. The van der Waals surface area contributed by atoms with Crippen molar-refractivity contribution in [1.29, 1.82) is 5.26 Å². The highest BCUT2D eigenvalue weighted by molar-refractivity contribution is 5.27. The minimum Gasteiger partial charge on any atom is -0.493 e. The summed E-state index contributed by atoms with van der Waals surface area (Å²) in [5.74, 6) is 0.879. The molecule has 1 saturated carbocycles. The summed E-state index contributed by atoms with van der Waals surface area (Å²) in [7, 11) is 0. The molecule has 2 rings (SSSR count). The number of benzene rings is 1. The van der Waals surface area contributed by atoms with E-state index in [-0.39, 0.29) is 0 Å². The van der Waals surface area contributed by atoms with Crippen LogP contribution in [-0.2, 0) is 6.42 Å². The van der Waals surface area contributed by atoms with Gasteiger partial charge in [0.05, 0.1) is 12.7 Å². The average molecular weight is 258 g/mol. The van der Waals surface area contributed by atoms with Gasteiger partial charge in [-0.1, -0.05) is 19.1 Å². The summed E-state index contributed by atoms with van der Waals surface area (Å²) < 4.78 is 5.71. The standard InChI is InChI=1S/C16H22N2O/c1-3-13-4-8-15(9-5-13)19-11-10-16(2,12-17)18-14-6-7-14/h4-5,8-9,14,18H,3,6-7,10-11H2,1-2H3. The van der Waals surface area contributed by atoms with Crippen LogP contribution < -0.4 is 10.1 Å². The number of rotatable bonds is 7. The topological polar surface area (TPSA) is 45.0 Å². The lowest BCUT2D eigenvalue weighted by Gasteiger charge is -2.23. The van der Waals surface area contributed by atoms with Gasteiger partial charge < -0.3 is 4.74 Å². The molecule has 0 amide bonds. The Bertz CT molecular complexity index is 445. The van der Waals surface area contributed by atoms with Crippen molar-refractivity contribution in [1.82, 2.24) is 5.32 Å². The van der Waals surface area contributed by atoms with Crippen molar-refractivity contribution in [2.24, 2.45) is 0 Å². The van der Waals surface area contributed by atoms with Crippen LogP contribution in [0.5, 0.6) is 5.75 Å². The van der Waals surface area contributed by atoms with Crippen LogP contribution in [0.1, 0.15) is 38.7 Å². The van der Waals surface area contributed by atoms with Gasteiger partial charge in [-0.2, -0.15) is 5.26 Å². The Balaban J connectivity index is 1.79. The Hall–Kier alpha value is -1.53.